The Balaban J connectivity index is 1.88. The summed E-state index contributed by atoms with van der Waals surface area (Å²) in [6.45, 7) is 1.74. The summed E-state index contributed by atoms with van der Waals surface area (Å²) in [4.78, 5) is 4.16. The average molecular weight is 262 g/mol. The molecule has 1 aliphatic carbocycles. The smallest absolute Gasteiger partial charge is 0.189 e. The van der Waals surface area contributed by atoms with Gasteiger partial charge in [0, 0.05) is 12.7 Å². The first-order valence-corrected chi connectivity index (χ1v) is 6.93. The molecule has 1 heterocycles. The molecule has 19 heavy (non-hydrogen) atoms. The van der Waals surface area contributed by atoms with Gasteiger partial charge >= 0.3 is 0 Å². The second kappa shape index (κ2) is 7.09. The highest BCUT2D eigenvalue weighted by Crippen LogP contribution is 2.22. The fourth-order valence-electron chi connectivity index (χ4n) is 2.66. The van der Waals surface area contributed by atoms with E-state index in [1.165, 1.54) is 32.1 Å². The van der Waals surface area contributed by atoms with Crippen molar-refractivity contribution in [2.45, 2.75) is 38.6 Å². The normalized spacial score (nSPS) is 17.6. The molecule has 1 aromatic heterocycles. The van der Waals surface area contributed by atoms with Crippen molar-refractivity contribution in [3.63, 3.8) is 0 Å². The standard InChI is InChI=1S/C14H22N4O/c15-14(18-19)13-12(7-4-8-17-13)10-16-9-11-5-2-1-3-6-11/h4,7-8,11,16,19H,1-3,5-6,9-10H2,(H2,15,18). The van der Waals surface area contributed by atoms with Crippen molar-refractivity contribution in [1.29, 1.82) is 0 Å². The summed E-state index contributed by atoms with van der Waals surface area (Å²) < 4.78 is 0. The van der Waals surface area contributed by atoms with Crippen LogP contribution in [-0.2, 0) is 6.54 Å². The zero-order valence-corrected chi connectivity index (χ0v) is 11.2. The molecule has 2 rings (SSSR count). The monoisotopic (exact) mass is 262 g/mol. The van der Waals surface area contributed by atoms with Gasteiger partial charge in [-0.3, -0.25) is 4.98 Å². The van der Waals surface area contributed by atoms with Crippen molar-refractivity contribution in [1.82, 2.24) is 10.3 Å². The average Bonchev–Trinajstić information content (AvgIpc) is 2.48. The lowest BCUT2D eigenvalue weighted by Gasteiger charge is -2.22. The Morgan fingerprint density at radius 1 is 1.42 bits per heavy atom. The zero-order chi connectivity index (χ0) is 13.5. The molecule has 104 valence electrons. The van der Waals surface area contributed by atoms with E-state index in [1.807, 2.05) is 12.1 Å². The minimum absolute atomic E-state index is 0.0649. The van der Waals surface area contributed by atoms with Crippen molar-refractivity contribution < 1.29 is 5.21 Å². The van der Waals surface area contributed by atoms with E-state index < -0.39 is 0 Å². The topological polar surface area (TPSA) is 83.5 Å². The Morgan fingerprint density at radius 3 is 2.95 bits per heavy atom. The molecular formula is C14H22N4O. The van der Waals surface area contributed by atoms with E-state index in [4.69, 9.17) is 10.9 Å². The van der Waals surface area contributed by atoms with Crippen LogP contribution in [-0.4, -0.2) is 22.6 Å². The van der Waals surface area contributed by atoms with E-state index in [2.05, 4.69) is 15.5 Å². The fourth-order valence-corrected chi connectivity index (χ4v) is 2.66. The number of nitrogens with zero attached hydrogens (tertiary/aromatic N) is 2. The third-order valence-electron chi connectivity index (χ3n) is 3.71. The van der Waals surface area contributed by atoms with Gasteiger partial charge < -0.3 is 16.3 Å². The number of nitrogens with one attached hydrogen (secondary N) is 1. The van der Waals surface area contributed by atoms with E-state index in [1.54, 1.807) is 6.20 Å². The Hall–Kier alpha value is -1.62. The molecule has 1 saturated carbocycles. The fraction of sp³-hybridized carbons (Fsp3) is 0.571. The first kappa shape index (κ1) is 13.8. The number of hydrogen-bond acceptors (Lipinski definition) is 4. The highest BCUT2D eigenvalue weighted by Gasteiger charge is 2.13. The highest BCUT2D eigenvalue weighted by atomic mass is 16.4. The van der Waals surface area contributed by atoms with Crippen LogP contribution in [0.4, 0.5) is 0 Å². The van der Waals surface area contributed by atoms with Crippen LogP contribution in [0.2, 0.25) is 0 Å². The van der Waals surface area contributed by atoms with Gasteiger partial charge in [0.25, 0.3) is 0 Å². The molecule has 1 aromatic rings. The molecule has 1 fully saturated rings. The molecule has 0 spiro atoms. The third kappa shape index (κ3) is 3.92. The van der Waals surface area contributed by atoms with Gasteiger partial charge in [-0.05, 0) is 36.9 Å². The maximum Gasteiger partial charge on any atom is 0.189 e. The van der Waals surface area contributed by atoms with E-state index in [0.29, 0.717) is 12.2 Å². The Labute approximate surface area is 113 Å². The molecule has 0 radical (unpaired) electrons. The summed E-state index contributed by atoms with van der Waals surface area (Å²) in [6, 6.07) is 3.82. The minimum atomic E-state index is 0.0649. The van der Waals surface area contributed by atoms with Crippen LogP contribution in [0.15, 0.2) is 23.5 Å². The number of pyridine rings is 1. The van der Waals surface area contributed by atoms with Gasteiger partial charge in [-0.1, -0.05) is 30.5 Å². The molecule has 1 aliphatic rings. The van der Waals surface area contributed by atoms with Gasteiger partial charge in [-0.2, -0.15) is 0 Å². The lowest BCUT2D eigenvalue weighted by Crippen LogP contribution is -2.26. The SMILES string of the molecule is NC(=NO)c1ncccc1CNCC1CCCCC1. The Morgan fingerprint density at radius 2 is 2.21 bits per heavy atom. The van der Waals surface area contributed by atoms with Crippen LogP contribution in [0.5, 0.6) is 0 Å². The zero-order valence-electron chi connectivity index (χ0n) is 11.2. The van der Waals surface area contributed by atoms with Gasteiger partial charge in [0.05, 0.1) is 0 Å². The van der Waals surface area contributed by atoms with Crippen molar-refractivity contribution in [3.8, 4) is 0 Å². The summed E-state index contributed by atoms with van der Waals surface area (Å²) in [5.74, 6) is 0.854. The molecule has 5 nitrogen and oxygen atoms in total. The predicted octanol–water partition coefficient (Wildman–Crippen LogP) is 1.85. The lowest BCUT2D eigenvalue weighted by atomic mass is 9.89. The molecular weight excluding hydrogens is 240 g/mol. The number of amidine groups is 1. The second-order valence-electron chi connectivity index (χ2n) is 5.13. The van der Waals surface area contributed by atoms with Crippen LogP contribution in [0.1, 0.15) is 43.4 Å². The lowest BCUT2D eigenvalue weighted by molar-refractivity contribution is 0.318. The number of oxime groups is 1. The first-order chi connectivity index (χ1) is 9.31. The van der Waals surface area contributed by atoms with Gasteiger partial charge in [-0.15, -0.1) is 0 Å². The van der Waals surface area contributed by atoms with Crippen LogP contribution >= 0.6 is 0 Å². The maximum atomic E-state index is 8.74. The van der Waals surface area contributed by atoms with Gasteiger partial charge in [-0.25, -0.2) is 0 Å². The maximum absolute atomic E-state index is 8.74. The third-order valence-corrected chi connectivity index (χ3v) is 3.71. The van der Waals surface area contributed by atoms with E-state index in [-0.39, 0.29) is 5.84 Å². The Kier molecular flexibility index (Phi) is 5.15. The largest absolute Gasteiger partial charge is 0.409 e. The second-order valence-corrected chi connectivity index (χ2v) is 5.13. The molecule has 5 heteroatoms. The van der Waals surface area contributed by atoms with Gasteiger partial charge in [0.15, 0.2) is 5.84 Å². The molecule has 0 aliphatic heterocycles. The Bertz CT molecular complexity index is 427. The van der Waals surface area contributed by atoms with E-state index in [9.17, 15) is 0 Å². The molecule has 0 unspecified atom stereocenters. The van der Waals surface area contributed by atoms with Crippen molar-refractivity contribution in [2.75, 3.05) is 6.54 Å². The number of hydrogen-bond donors (Lipinski definition) is 3. The summed E-state index contributed by atoms with van der Waals surface area (Å²) in [6.07, 6.45) is 8.40. The first-order valence-electron chi connectivity index (χ1n) is 6.93. The van der Waals surface area contributed by atoms with Gasteiger partial charge in [0.1, 0.15) is 5.69 Å². The molecule has 0 amide bonds. The number of nitrogens with two attached hydrogens (primary N) is 1. The van der Waals surface area contributed by atoms with Crippen molar-refractivity contribution in [2.24, 2.45) is 16.8 Å². The van der Waals surface area contributed by atoms with Crippen molar-refractivity contribution >= 4 is 5.84 Å². The molecule has 0 aromatic carbocycles. The van der Waals surface area contributed by atoms with Crippen LogP contribution in [0.3, 0.4) is 0 Å². The van der Waals surface area contributed by atoms with E-state index >= 15 is 0 Å². The molecule has 0 atom stereocenters. The summed E-state index contributed by atoms with van der Waals surface area (Å²) in [7, 11) is 0. The summed E-state index contributed by atoms with van der Waals surface area (Å²) in [5.41, 5.74) is 7.14. The number of rotatable bonds is 5. The highest BCUT2D eigenvalue weighted by molar-refractivity contribution is 5.96. The summed E-state index contributed by atoms with van der Waals surface area (Å²) >= 11 is 0. The van der Waals surface area contributed by atoms with Crippen LogP contribution in [0.25, 0.3) is 0 Å². The number of aromatic nitrogens is 1. The quantitative estimate of drug-likeness (QED) is 0.327. The predicted molar refractivity (Wildman–Crippen MR) is 75.0 cm³/mol. The molecule has 0 bridgehead atoms. The van der Waals surface area contributed by atoms with E-state index in [0.717, 1.165) is 18.0 Å². The molecule has 0 saturated heterocycles. The molecule has 4 N–H and O–H groups in total. The summed E-state index contributed by atoms with van der Waals surface area (Å²) in [5, 5.41) is 15.2. The van der Waals surface area contributed by atoms with Gasteiger partial charge in [0.2, 0.25) is 0 Å². The minimum Gasteiger partial charge on any atom is -0.409 e. The van der Waals surface area contributed by atoms with Crippen LogP contribution in [0, 0.1) is 5.92 Å². The van der Waals surface area contributed by atoms with Crippen LogP contribution < -0.4 is 11.1 Å². The van der Waals surface area contributed by atoms with Crippen molar-refractivity contribution in [3.05, 3.63) is 29.6 Å².